The lowest BCUT2D eigenvalue weighted by Gasteiger charge is -2.28. The maximum absolute atomic E-state index is 12.3. The van der Waals surface area contributed by atoms with E-state index in [4.69, 9.17) is 4.74 Å². The number of hydrogen-bond acceptors (Lipinski definition) is 3. The number of aromatic hydroxyl groups is 1. The van der Waals surface area contributed by atoms with Gasteiger partial charge in [0.05, 0.1) is 6.61 Å². The second-order valence-corrected chi connectivity index (χ2v) is 10.2. The fourth-order valence-electron chi connectivity index (χ4n) is 3.01. The quantitative estimate of drug-likeness (QED) is 0.569. The predicted octanol–water partition coefficient (Wildman–Crippen LogP) is 6.29. The van der Waals surface area contributed by atoms with E-state index < -0.39 is 0 Å². The average Bonchev–Trinajstić information content (AvgIpc) is 2.56. The van der Waals surface area contributed by atoms with Crippen molar-refractivity contribution in [1.29, 1.82) is 0 Å². The van der Waals surface area contributed by atoms with Crippen molar-refractivity contribution in [2.45, 2.75) is 98.8 Å². The average molecular weight is 377 g/mol. The molecule has 0 bridgehead atoms. The SMILES string of the molecule is CCC(C)(CC)COC(=O)CCc1cc(C(C)(C)C)c(O)c(C(C)(C)C)c1. The van der Waals surface area contributed by atoms with Gasteiger partial charge in [-0.3, -0.25) is 4.79 Å². The summed E-state index contributed by atoms with van der Waals surface area (Å²) in [5.74, 6) is 0.230. The summed E-state index contributed by atoms with van der Waals surface area (Å²) in [6, 6.07) is 4.08. The molecule has 0 aliphatic heterocycles. The number of carbonyl (C=O) groups excluding carboxylic acids is 1. The Morgan fingerprint density at radius 3 is 1.74 bits per heavy atom. The molecule has 1 rings (SSSR count). The van der Waals surface area contributed by atoms with Crippen LogP contribution in [0.2, 0.25) is 0 Å². The van der Waals surface area contributed by atoms with Gasteiger partial charge in [-0.2, -0.15) is 0 Å². The van der Waals surface area contributed by atoms with Crippen molar-refractivity contribution in [2.24, 2.45) is 5.41 Å². The number of benzene rings is 1. The third kappa shape index (κ3) is 6.55. The first-order valence-electron chi connectivity index (χ1n) is 10.3. The van der Waals surface area contributed by atoms with Gasteiger partial charge in [0, 0.05) is 11.8 Å². The van der Waals surface area contributed by atoms with Crippen LogP contribution in [0.4, 0.5) is 0 Å². The van der Waals surface area contributed by atoms with Crippen molar-refractivity contribution >= 4 is 5.97 Å². The standard InChI is InChI=1S/C24H40O3/c1-10-24(9,11-2)16-27-20(25)13-12-17-14-18(22(3,4)5)21(26)19(15-17)23(6,7)8/h14-15,26H,10-13,16H2,1-9H3. The lowest BCUT2D eigenvalue weighted by atomic mass is 9.78. The summed E-state index contributed by atoms with van der Waals surface area (Å²) in [5, 5.41) is 10.8. The van der Waals surface area contributed by atoms with Crippen LogP contribution in [0.5, 0.6) is 5.75 Å². The third-order valence-electron chi connectivity index (χ3n) is 5.69. The Bertz CT molecular complexity index is 606. The summed E-state index contributed by atoms with van der Waals surface area (Å²) in [6.07, 6.45) is 2.99. The van der Waals surface area contributed by atoms with E-state index in [1.165, 1.54) is 0 Å². The molecular weight excluding hydrogens is 336 g/mol. The van der Waals surface area contributed by atoms with E-state index in [-0.39, 0.29) is 22.2 Å². The first kappa shape index (κ1) is 23.5. The van der Waals surface area contributed by atoms with Crippen LogP contribution in [0.3, 0.4) is 0 Å². The number of aryl methyl sites for hydroxylation is 1. The number of esters is 1. The van der Waals surface area contributed by atoms with Crippen molar-refractivity contribution in [1.82, 2.24) is 0 Å². The summed E-state index contributed by atoms with van der Waals surface area (Å²) in [7, 11) is 0. The van der Waals surface area contributed by atoms with Crippen LogP contribution < -0.4 is 0 Å². The van der Waals surface area contributed by atoms with E-state index in [0.29, 0.717) is 25.2 Å². The molecule has 0 aliphatic rings. The molecule has 0 aromatic heterocycles. The molecule has 1 N–H and O–H groups in total. The minimum atomic E-state index is -0.162. The molecule has 27 heavy (non-hydrogen) atoms. The van der Waals surface area contributed by atoms with Gasteiger partial charge in [-0.05, 0) is 46.8 Å². The number of ether oxygens (including phenoxy) is 1. The zero-order valence-electron chi connectivity index (χ0n) is 19.0. The van der Waals surface area contributed by atoms with Gasteiger partial charge in [0.2, 0.25) is 0 Å². The van der Waals surface area contributed by atoms with Gasteiger partial charge in [-0.1, -0.05) is 74.4 Å². The van der Waals surface area contributed by atoms with Crippen LogP contribution in [0.15, 0.2) is 12.1 Å². The summed E-state index contributed by atoms with van der Waals surface area (Å²) in [4.78, 5) is 12.3. The smallest absolute Gasteiger partial charge is 0.306 e. The van der Waals surface area contributed by atoms with Gasteiger partial charge < -0.3 is 9.84 Å². The van der Waals surface area contributed by atoms with Gasteiger partial charge in [0.25, 0.3) is 0 Å². The number of rotatable bonds is 7. The van der Waals surface area contributed by atoms with Crippen molar-refractivity contribution in [3.8, 4) is 5.75 Å². The lowest BCUT2D eigenvalue weighted by Crippen LogP contribution is -2.24. The Labute approximate surface area is 166 Å². The molecule has 0 saturated carbocycles. The van der Waals surface area contributed by atoms with E-state index in [1.54, 1.807) is 0 Å². The van der Waals surface area contributed by atoms with E-state index in [0.717, 1.165) is 29.5 Å². The Balaban J connectivity index is 2.96. The van der Waals surface area contributed by atoms with E-state index in [2.05, 4.69) is 62.3 Å². The second kappa shape index (κ2) is 8.67. The van der Waals surface area contributed by atoms with Crippen LogP contribution in [0.25, 0.3) is 0 Å². The molecule has 0 amide bonds. The Morgan fingerprint density at radius 2 is 1.37 bits per heavy atom. The second-order valence-electron chi connectivity index (χ2n) is 10.2. The molecule has 3 nitrogen and oxygen atoms in total. The van der Waals surface area contributed by atoms with Crippen LogP contribution >= 0.6 is 0 Å². The fraction of sp³-hybridized carbons (Fsp3) is 0.708. The first-order valence-corrected chi connectivity index (χ1v) is 10.3. The molecule has 0 aliphatic carbocycles. The third-order valence-corrected chi connectivity index (χ3v) is 5.69. The highest BCUT2D eigenvalue weighted by atomic mass is 16.5. The zero-order valence-corrected chi connectivity index (χ0v) is 19.0. The van der Waals surface area contributed by atoms with Gasteiger partial charge in [-0.25, -0.2) is 0 Å². The molecule has 0 saturated heterocycles. The molecule has 0 radical (unpaired) electrons. The molecular formula is C24H40O3. The Kier molecular flexibility index (Phi) is 7.55. The number of phenols is 1. The van der Waals surface area contributed by atoms with Gasteiger partial charge in [-0.15, -0.1) is 0 Å². The molecule has 0 spiro atoms. The number of hydrogen-bond donors (Lipinski definition) is 1. The Hall–Kier alpha value is -1.51. The molecule has 154 valence electrons. The fourth-order valence-corrected chi connectivity index (χ4v) is 3.01. The highest BCUT2D eigenvalue weighted by Gasteiger charge is 2.27. The van der Waals surface area contributed by atoms with Crippen LogP contribution in [0.1, 0.15) is 98.3 Å². The lowest BCUT2D eigenvalue weighted by molar-refractivity contribution is -0.147. The van der Waals surface area contributed by atoms with E-state index >= 15 is 0 Å². The van der Waals surface area contributed by atoms with Crippen molar-refractivity contribution in [2.75, 3.05) is 6.61 Å². The van der Waals surface area contributed by atoms with E-state index in [9.17, 15) is 9.90 Å². The number of carbonyl (C=O) groups is 1. The molecule has 3 heteroatoms. The van der Waals surface area contributed by atoms with Gasteiger partial charge in [0.15, 0.2) is 0 Å². The molecule has 0 unspecified atom stereocenters. The minimum absolute atomic E-state index is 0.0625. The van der Waals surface area contributed by atoms with Gasteiger partial charge in [0.1, 0.15) is 5.75 Å². The summed E-state index contributed by atoms with van der Waals surface area (Å²) in [6.45, 7) is 19.5. The topological polar surface area (TPSA) is 46.5 Å². The normalized spacial score (nSPS) is 12.9. The predicted molar refractivity (Wildman–Crippen MR) is 113 cm³/mol. The molecule has 0 atom stereocenters. The highest BCUT2D eigenvalue weighted by molar-refractivity contribution is 5.69. The van der Waals surface area contributed by atoms with Gasteiger partial charge >= 0.3 is 5.97 Å². The van der Waals surface area contributed by atoms with Crippen LogP contribution in [-0.4, -0.2) is 17.7 Å². The van der Waals surface area contributed by atoms with Crippen molar-refractivity contribution in [3.05, 3.63) is 28.8 Å². The summed E-state index contributed by atoms with van der Waals surface area (Å²) in [5.41, 5.74) is 2.68. The van der Waals surface area contributed by atoms with Crippen LogP contribution in [-0.2, 0) is 26.8 Å². The Morgan fingerprint density at radius 1 is 0.926 bits per heavy atom. The maximum Gasteiger partial charge on any atom is 0.306 e. The highest BCUT2D eigenvalue weighted by Crippen LogP contribution is 2.40. The van der Waals surface area contributed by atoms with Crippen molar-refractivity contribution in [3.63, 3.8) is 0 Å². The largest absolute Gasteiger partial charge is 0.507 e. The minimum Gasteiger partial charge on any atom is -0.507 e. The molecule has 1 aromatic carbocycles. The van der Waals surface area contributed by atoms with Crippen LogP contribution in [0, 0.1) is 5.41 Å². The number of phenolic OH excluding ortho intramolecular Hbond substituents is 1. The summed E-state index contributed by atoms with van der Waals surface area (Å²) >= 11 is 0. The molecule has 0 fully saturated rings. The molecule has 1 aromatic rings. The molecule has 0 heterocycles. The van der Waals surface area contributed by atoms with Crippen molar-refractivity contribution < 1.29 is 14.6 Å². The van der Waals surface area contributed by atoms with E-state index in [1.807, 2.05) is 12.1 Å². The monoisotopic (exact) mass is 376 g/mol. The maximum atomic E-state index is 12.3. The first-order chi connectivity index (χ1) is 12.2. The summed E-state index contributed by atoms with van der Waals surface area (Å²) < 4.78 is 5.54. The zero-order chi connectivity index (χ0) is 21.0.